The SMILES string of the molecule is CCCCCCCCCCCCCCCOc1cc(CO)cc(OCCCCCCCCCCCCCCC)c1. The van der Waals surface area contributed by atoms with Crippen molar-refractivity contribution in [3.8, 4) is 11.5 Å². The summed E-state index contributed by atoms with van der Waals surface area (Å²) < 4.78 is 12.0. The molecule has 0 heterocycles. The average molecular weight is 561 g/mol. The van der Waals surface area contributed by atoms with Gasteiger partial charge in [-0.15, -0.1) is 0 Å². The van der Waals surface area contributed by atoms with Crippen molar-refractivity contribution in [1.82, 2.24) is 0 Å². The Bertz CT molecular complexity index is 594. The molecular formula is C37H68O3. The maximum atomic E-state index is 9.66. The number of unbranched alkanes of at least 4 members (excludes halogenated alkanes) is 24. The van der Waals surface area contributed by atoms with Gasteiger partial charge < -0.3 is 14.6 Å². The van der Waals surface area contributed by atoms with Gasteiger partial charge >= 0.3 is 0 Å². The van der Waals surface area contributed by atoms with Crippen LogP contribution < -0.4 is 9.47 Å². The van der Waals surface area contributed by atoms with Crippen LogP contribution in [0.4, 0.5) is 0 Å². The van der Waals surface area contributed by atoms with Gasteiger partial charge in [0.15, 0.2) is 0 Å². The van der Waals surface area contributed by atoms with Gasteiger partial charge in [-0.1, -0.05) is 168 Å². The Labute approximate surface area is 250 Å². The van der Waals surface area contributed by atoms with Crippen LogP contribution in [0.3, 0.4) is 0 Å². The number of rotatable bonds is 31. The number of hydrogen-bond acceptors (Lipinski definition) is 3. The van der Waals surface area contributed by atoms with Gasteiger partial charge in [0.1, 0.15) is 11.5 Å². The third-order valence-corrected chi connectivity index (χ3v) is 8.16. The Kier molecular flexibility index (Phi) is 26.9. The van der Waals surface area contributed by atoms with Gasteiger partial charge in [0, 0.05) is 6.07 Å². The lowest BCUT2D eigenvalue weighted by molar-refractivity contribution is 0.271. The zero-order valence-electron chi connectivity index (χ0n) is 27.0. The summed E-state index contributed by atoms with van der Waals surface area (Å²) in [6.45, 7) is 6.07. The predicted octanol–water partition coefficient (Wildman–Crippen LogP) is 12.1. The fourth-order valence-electron chi connectivity index (χ4n) is 5.51. The zero-order valence-corrected chi connectivity index (χ0v) is 27.0. The second-order valence-corrected chi connectivity index (χ2v) is 12.2. The maximum Gasteiger partial charge on any atom is 0.123 e. The highest BCUT2D eigenvalue weighted by Crippen LogP contribution is 2.24. The summed E-state index contributed by atoms with van der Waals surface area (Å²) in [5, 5.41) is 9.66. The Morgan fingerprint density at radius 1 is 0.400 bits per heavy atom. The summed E-state index contributed by atoms with van der Waals surface area (Å²) >= 11 is 0. The summed E-state index contributed by atoms with van der Waals surface area (Å²) in [5.74, 6) is 1.65. The van der Waals surface area contributed by atoms with Gasteiger partial charge in [0.2, 0.25) is 0 Å². The Hall–Kier alpha value is -1.22. The molecule has 3 heteroatoms. The van der Waals surface area contributed by atoms with E-state index in [1.165, 1.54) is 154 Å². The second kappa shape index (κ2) is 29.3. The number of ether oxygens (including phenoxy) is 2. The first-order valence-electron chi connectivity index (χ1n) is 17.8. The van der Waals surface area contributed by atoms with Crippen LogP contribution in [0.5, 0.6) is 11.5 Å². The van der Waals surface area contributed by atoms with Gasteiger partial charge in [0.05, 0.1) is 19.8 Å². The molecule has 0 aliphatic rings. The number of benzene rings is 1. The molecule has 0 aliphatic carbocycles. The van der Waals surface area contributed by atoms with Crippen molar-refractivity contribution in [3.05, 3.63) is 23.8 Å². The molecule has 0 saturated carbocycles. The zero-order chi connectivity index (χ0) is 28.8. The molecule has 0 saturated heterocycles. The quantitative estimate of drug-likeness (QED) is 0.0918. The van der Waals surface area contributed by atoms with Crippen molar-refractivity contribution in [1.29, 1.82) is 0 Å². The molecule has 1 aromatic rings. The molecule has 0 amide bonds. The highest BCUT2D eigenvalue weighted by Gasteiger charge is 2.04. The van der Waals surface area contributed by atoms with E-state index in [1.54, 1.807) is 0 Å². The minimum absolute atomic E-state index is 0.0189. The second-order valence-electron chi connectivity index (χ2n) is 12.2. The van der Waals surface area contributed by atoms with E-state index in [-0.39, 0.29) is 6.61 Å². The van der Waals surface area contributed by atoms with Crippen LogP contribution in [-0.2, 0) is 6.61 Å². The van der Waals surface area contributed by atoms with E-state index in [9.17, 15) is 5.11 Å². The topological polar surface area (TPSA) is 38.7 Å². The van der Waals surface area contributed by atoms with Crippen LogP contribution in [-0.4, -0.2) is 18.3 Å². The molecule has 0 aliphatic heterocycles. The molecule has 0 fully saturated rings. The van der Waals surface area contributed by atoms with Crippen molar-refractivity contribution in [3.63, 3.8) is 0 Å². The summed E-state index contributed by atoms with van der Waals surface area (Å²) in [7, 11) is 0. The monoisotopic (exact) mass is 561 g/mol. The van der Waals surface area contributed by atoms with E-state index in [0.717, 1.165) is 43.1 Å². The molecule has 0 aromatic heterocycles. The normalized spacial score (nSPS) is 11.3. The highest BCUT2D eigenvalue weighted by atomic mass is 16.5. The lowest BCUT2D eigenvalue weighted by atomic mass is 10.0. The van der Waals surface area contributed by atoms with E-state index < -0.39 is 0 Å². The fraction of sp³-hybridized carbons (Fsp3) is 0.838. The molecular weight excluding hydrogens is 492 g/mol. The molecule has 0 bridgehead atoms. The summed E-state index contributed by atoms with van der Waals surface area (Å²) in [6.07, 6.45) is 35.3. The Balaban J connectivity index is 2.01. The first-order valence-corrected chi connectivity index (χ1v) is 17.8. The molecule has 1 N–H and O–H groups in total. The first kappa shape index (κ1) is 36.8. The molecule has 1 rings (SSSR count). The Morgan fingerprint density at radius 2 is 0.675 bits per heavy atom. The lowest BCUT2D eigenvalue weighted by Crippen LogP contribution is -2.01. The smallest absolute Gasteiger partial charge is 0.123 e. The van der Waals surface area contributed by atoms with E-state index >= 15 is 0 Å². The lowest BCUT2D eigenvalue weighted by Gasteiger charge is -2.12. The van der Waals surface area contributed by atoms with Crippen molar-refractivity contribution in [2.45, 2.75) is 187 Å². The van der Waals surface area contributed by atoms with Crippen LogP contribution >= 0.6 is 0 Å². The van der Waals surface area contributed by atoms with E-state index in [1.807, 2.05) is 18.2 Å². The molecule has 0 radical (unpaired) electrons. The fourth-order valence-corrected chi connectivity index (χ4v) is 5.51. The number of aliphatic hydroxyl groups excluding tert-OH is 1. The third-order valence-electron chi connectivity index (χ3n) is 8.16. The highest BCUT2D eigenvalue weighted by molar-refractivity contribution is 5.38. The maximum absolute atomic E-state index is 9.66. The van der Waals surface area contributed by atoms with Gasteiger partial charge in [-0.3, -0.25) is 0 Å². The third kappa shape index (κ3) is 23.5. The number of hydrogen-bond donors (Lipinski definition) is 1. The Morgan fingerprint density at radius 3 is 0.950 bits per heavy atom. The van der Waals surface area contributed by atoms with Gasteiger partial charge in [-0.2, -0.15) is 0 Å². The predicted molar refractivity (Wildman–Crippen MR) is 175 cm³/mol. The van der Waals surface area contributed by atoms with Crippen LogP contribution in [0.2, 0.25) is 0 Å². The molecule has 0 unspecified atom stereocenters. The van der Waals surface area contributed by atoms with Crippen LogP contribution in [0.15, 0.2) is 18.2 Å². The largest absolute Gasteiger partial charge is 0.493 e. The van der Waals surface area contributed by atoms with Gasteiger partial charge in [-0.05, 0) is 30.5 Å². The van der Waals surface area contributed by atoms with Crippen LogP contribution in [0, 0.1) is 0 Å². The van der Waals surface area contributed by atoms with E-state index in [4.69, 9.17) is 9.47 Å². The summed E-state index contributed by atoms with van der Waals surface area (Å²) in [4.78, 5) is 0. The summed E-state index contributed by atoms with van der Waals surface area (Å²) in [6, 6.07) is 5.88. The minimum atomic E-state index is 0.0189. The van der Waals surface area contributed by atoms with Crippen LogP contribution in [0.1, 0.15) is 186 Å². The molecule has 1 aromatic carbocycles. The minimum Gasteiger partial charge on any atom is -0.493 e. The van der Waals surface area contributed by atoms with E-state index in [0.29, 0.717) is 0 Å². The van der Waals surface area contributed by atoms with Crippen molar-refractivity contribution in [2.75, 3.05) is 13.2 Å². The summed E-state index contributed by atoms with van der Waals surface area (Å²) in [5.41, 5.74) is 0.864. The molecule has 234 valence electrons. The van der Waals surface area contributed by atoms with Crippen LogP contribution in [0.25, 0.3) is 0 Å². The average Bonchev–Trinajstić information content (AvgIpc) is 2.97. The van der Waals surface area contributed by atoms with Crippen molar-refractivity contribution in [2.24, 2.45) is 0 Å². The molecule has 40 heavy (non-hydrogen) atoms. The van der Waals surface area contributed by atoms with Crippen molar-refractivity contribution >= 4 is 0 Å². The van der Waals surface area contributed by atoms with E-state index in [2.05, 4.69) is 13.8 Å². The first-order chi connectivity index (χ1) is 19.8. The van der Waals surface area contributed by atoms with Crippen molar-refractivity contribution < 1.29 is 14.6 Å². The molecule has 3 nitrogen and oxygen atoms in total. The standard InChI is InChI=1S/C37H68O3/c1-3-5-7-9-11-13-15-17-19-21-23-25-27-29-39-36-31-35(34-38)32-37(33-36)40-30-28-26-24-22-20-18-16-14-12-10-8-6-4-2/h31-33,38H,3-30,34H2,1-2H3. The van der Waals surface area contributed by atoms with Gasteiger partial charge in [-0.25, -0.2) is 0 Å². The van der Waals surface area contributed by atoms with Gasteiger partial charge in [0.25, 0.3) is 0 Å². The molecule has 0 spiro atoms. The molecule has 0 atom stereocenters. The number of aliphatic hydroxyl groups is 1.